The summed E-state index contributed by atoms with van der Waals surface area (Å²) in [7, 11) is 0. The van der Waals surface area contributed by atoms with Crippen LogP contribution in [0.15, 0.2) is 119 Å². The van der Waals surface area contributed by atoms with Gasteiger partial charge in [-0.1, -0.05) is 181 Å². The first kappa shape index (κ1) is 62.2. The summed E-state index contributed by atoms with van der Waals surface area (Å²) in [5.74, 6) is -1.22. The van der Waals surface area contributed by atoms with Gasteiger partial charge >= 0.3 is 23.9 Å². The van der Waals surface area contributed by atoms with E-state index in [2.05, 4.69) is 13.8 Å². The van der Waals surface area contributed by atoms with E-state index in [0.717, 1.165) is 38.0 Å². The normalized spacial score (nSPS) is 11.0. The van der Waals surface area contributed by atoms with Crippen LogP contribution in [0.2, 0.25) is 0 Å². The van der Waals surface area contributed by atoms with Gasteiger partial charge in [-0.05, 0) is 110 Å². The Kier molecular flexibility index (Phi) is 30.3. The molecular formula is C66H86O12. The fraction of sp³-hybridized carbons (Fsp3) is 0.500. The van der Waals surface area contributed by atoms with Crippen molar-refractivity contribution >= 4 is 23.9 Å². The zero-order chi connectivity index (χ0) is 55.3. The van der Waals surface area contributed by atoms with Crippen LogP contribution in [-0.2, 0) is 11.3 Å². The van der Waals surface area contributed by atoms with E-state index in [1.807, 2.05) is 0 Å². The first-order valence-corrected chi connectivity index (χ1v) is 29.3. The first-order chi connectivity index (χ1) is 38.2. The van der Waals surface area contributed by atoms with Crippen molar-refractivity contribution in [3.63, 3.8) is 0 Å². The Labute approximate surface area is 463 Å². The molecule has 0 spiro atoms. The van der Waals surface area contributed by atoms with E-state index >= 15 is 0 Å². The summed E-state index contributed by atoms with van der Waals surface area (Å²) in [5.41, 5.74) is 0.291. The van der Waals surface area contributed by atoms with Crippen LogP contribution in [0.3, 0.4) is 0 Å². The van der Waals surface area contributed by atoms with Crippen molar-refractivity contribution in [2.24, 2.45) is 0 Å². The summed E-state index contributed by atoms with van der Waals surface area (Å²) >= 11 is 0. The minimum Gasteiger partial charge on any atom is -0.494 e. The lowest BCUT2D eigenvalue weighted by Crippen LogP contribution is -2.15. The van der Waals surface area contributed by atoms with Gasteiger partial charge in [-0.3, -0.25) is 4.79 Å². The van der Waals surface area contributed by atoms with E-state index in [-0.39, 0.29) is 40.7 Å². The molecule has 0 saturated heterocycles. The van der Waals surface area contributed by atoms with E-state index in [4.69, 9.17) is 32.8 Å². The second-order valence-electron chi connectivity index (χ2n) is 20.3. The zero-order valence-corrected chi connectivity index (χ0v) is 46.7. The Morgan fingerprint density at radius 3 is 0.987 bits per heavy atom. The van der Waals surface area contributed by atoms with Gasteiger partial charge in [0, 0.05) is 6.07 Å². The molecule has 0 aliphatic heterocycles. The lowest BCUT2D eigenvalue weighted by atomic mass is 10.0. The summed E-state index contributed by atoms with van der Waals surface area (Å²) in [5, 5.41) is 0. The van der Waals surface area contributed by atoms with Crippen LogP contribution in [-0.4, -0.2) is 37.1 Å². The third-order valence-electron chi connectivity index (χ3n) is 13.7. The van der Waals surface area contributed by atoms with Crippen molar-refractivity contribution in [2.45, 2.75) is 200 Å². The van der Waals surface area contributed by atoms with Crippen molar-refractivity contribution in [1.82, 2.24) is 0 Å². The highest BCUT2D eigenvalue weighted by molar-refractivity contribution is 5.93. The van der Waals surface area contributed by atoms with Crippen molar-refractivity contribution < 1.29 is 52.0 Å². The van der Waals surface area contributed by atoms with Gasteiger partial charge in [-0.25, -0.2) is 19.2 Å². The summed E-state index contributed by atoms with van der Waals surface area (Å²) in [6.07, 6.45) is 37.4. The molecule has 0 radical (unpaired) electrons. The molecule has 0 atom stereocenters. The number of hydrogen-bond acceptors (Lipinski definition) is 12. The zero-order valence-electron chi connectivity index (χ0n) is 46.7. The second-order valence-corrected chi connectivity index (χ2v) is 20.3. The van der Waals surface area contributed by atoms with Gasteiger partial charge in [-0.2, -0.15) is 0 Å². The minimum absolute atomic E-state index is 0.0125. The number of benzene rings is 4. The van der Waals surface area contributed by atoms with Gasteiger partial charge in [0.2, 0.25) is 11.2 Å². The van der Waals surface area contributed by atoms with Crippen molar-refractivity contribution in [1.29, 1.82) is 0 Å². The number of carbonyl (C=O) groups excluding carboxylic acids is 4. The molecule has 422 valence electrons. The Bertz CT molecular complexity index is 2510. The Morgan fingerprint density at radius 1 is 0.359 bits per heavy atom. The average molecular weight is 1070 g/mol. The lowest BCUT2D eigenvalue weighted by molar-refractivity contribution is 0.0442. The molecule has 0 fully saturated rings. The number of unbranched alkanes of at least 4 members (excludes halogenated alkanes) is 26. The molecule has 0 saturated carbocycles. The molecule has 1 aromatic heterocycles. The molecule has 0 aliphatic carbocycles. The van der Waals surface area contributed by atoms with Crippen LogP contribution in [0.25, 0.3) is 0 Å². The minimum atomic E-state index is -0.841. The standard InChI is InChI=1S/C66H86O12/c1-3-5-7-9-11-13-15-17-19-21-23-25-27-29-47-72-56-39-31-53(32-40-56)64(69)76-58-43-35-52(36-44-58)63(68)75-50-60-49-61(67)62(51-74-60)78-66(71)55-37-45-59(46-38-55)77-65(70)54-33-41-57(42-34-54)73-48-30-28-26-24-22-20-18-16-14-12-10-8-6-4-2/h31-46,49,51H,3-30,47-48,50H2,1-2H3. The van der Waals surface area contributed by atoms with Gasteiger partial charge in [0.25, 0.3) is 0 Å². The quantitative estimate of drug-likeness (QED) is 0.0208. The van der Waals surface area contributed by atoms with Gasteiger partial charge in [0.1, 0.15) is 41.6 Å². The summed E-state index contributed by atoms with van der Waals surface area (Å²) in [4.78, 5) is 64.2. The molecule has 0 bridgehead atoms. The maximum absolute atomic E-state index is 12.9. The van der Waals surface area contributed by atoms with E-state index in [1.165, 1.54) is 203 Å². The van der Waals surface area contributed by atoms with Gasteiger partial charge in [-0.15, -0.1) is 0 Å². The third-order valence-corrected chi connectivity index (χ3v) is 13.7. The number of rotatable bonds is 41. The predicted molar refractivity (Wildman–Crippen MR) is 306 cm³/mol. The maximum atomic E-state index is 12.9. The molecule has 4 aromatic carbocycles. The molecular weight excluding hydrogens is 985 g/mol. The number of hydrogen-bond donors (Lipinski definition) is 0. The molecule has 78 heavy (non-hydrogen) atoms. The molecule has 0 N–H and O–H groups in total. The van der Waals surface area contributed by atoms with E-state index in [1.54, 1.807) is 48.5 Å². The largest absolute Gasteiger partial charge is 0.494 e. The smallest absolute Gasteiger partial charge is 0.343 e. The number of carbonyl (C=O) groups is 4. The van der Waals surface area contributed by atoms with Crippen molar-refractivity contribution in [2.75, 3.05) is 13.2 Å². The summed E-state index contributed by atoms with van der Waals surface area (Å²) in [6, 6.07) is 26.2. The second kappa shape index (κ2) is 38.0. The van der Waals surface area contributed by atoms with Crippen LogP contribution in [0.4, 0.5) is 0 Å². The Hall–Kier alpha value is -6.69. The Morgan fingerprint density at radius 2 is 0.654 bits per heavy atom. The summed E-state index contributed by atoms with van der Waals surface area (Å²) in [6.45, 7) is 5.39. The molecule has 5 aromatic rings. The first-order valence-electron chi connectivity index (χ1n) is 29.3. The van der Waals surface area contributed by atoms with Crippen LogP contribution in [0.5, 0.6) is 28.7 Å². The molecule has 1 heterocycles. The fourth-order valence-corrected chi connectivity index (χ4v) is 8.97. The lowest BCUT2D eigenvalue weighted by Gasteiger charge is -2.09. The SMILES string of the molecule is CCCCCCCCCCCCCCCCOc1ccc(C(=O)Oc2ccc(C(=O)OCc3cc(=O)c(OC(=O)c4ccc(OC(=O)c5ccc(OCCCCCCCCCCCCCCCC)cc5)cc4)co3)cc2)cc1. The van der Waals surface area contributed by atoms with Crippen LogP contribution >= 0.6 is 0 Å². The van der Waals surface area contributed by atoms with E-state index in [9.17, 15) is 24.0 Å². The third kappa shape index (κ3) is 25.2. The van der Waals surface area contributed by atoms with Crippen LogP contribution < -0.4 is 29.1 Å². The fourth-order valence-electron chi connectivity index (χ4n) is 8.97. The number of esters is 4. The molecule has 12 nitrogen and oxygen atoms in total. The van der Waals surface area contributed by atoms with E-state index < -0.39 is 29.3 Å². The van der Waals surface area contributed by atoms with Gasteiger partial charge in [0.05, 0.1) is 35.5 Å². The maximum Gasteiger partial charge on any atom is 0.343 e. The summed E-state index contributed by atoms with van der Waals surface area (Å²) < 4.78 is 38.8. The van der Waals surface area contributed by atoms with Gasteiger partial charge in [0.15, 0.2) is 0 Å². The van der Waals surface area contributed by atoms with E-state index in [0.29, 0.717) is 35.8 Å². The molecule has 12 heteroatoms. The molecule has 0 amide bonds. The topological polar surface area (TPSA) is 154 Å². The molecule has 0 unspecified atom stereocenters. The Balaban J connectivity index is 0.911. The average Bonchev–Trinajstić information content (AvgIpc) is 3.46. The van der Waals surface area contributed by atoms with Crippen molar-refractivity contribution in [3.05, 3.63) is 148 Å². The van der Waals surface area contributed by atoms with Crippen molar-refractivity contribution in [3.8, 4) is 28.7 Å². The van der Waals surface area contributed by atoms with Crippen LogP contribution in [0, 0.1) is 0 Å². The highest BCUT2D eigenvalue weighted by Crippen LogP contribution is 2.22. The highest BCUT2D eigenvalue weighted by Gasteiger charge is 2.17. The van der Waals surface area contributed by atoms with Gasteiger partial charge < -0.3 is 32.8 Å². The highest BCUT2D eigenvalue weighted by atomic mass is 16.6. The van der Waals surface area contributed by atoms with Crippen LogP contribution in [0.1, 0.15) is 241 Å². The molecule has 0 aliphatic rings. The number of ether oxygens (including phenoxy) is 6. The monoisotopic (exact) mass is 1070 g/mol. The predicted octanol–water partition coefficient (Wildman–Crippen LogP) is 17.4. The molecule has 5 rings (SSSR count).